The van der Waals surface area contributed by atoms with E-state index in [2.05, 4.69) is 0 Å². The van der Waals surface area contributed by atoms with E-state index in [0.717, 1.165) is 12.2 Å². The van der Waals surface area contributed by atoms with Crippen LogP contribution < -0.4 is 4.74 Å². The van der Waals surface area contributed by atoms with Crippen molar-refractivity contribution in [1.82, 2.24) is 4.90 Å². The van der Waals surface area contributed by atoms with E-state index >= 15 is 0 Å². The molecule has 1 aliphatic heterocycles. The van der Waals surface area contributed by atoms with E-state index < -0.39 is 11.9 Å². The molecule has 0 aromatic heterocycles. The Hall–Kier alpha value is -2.04. The van der Waals surface area contributed by atoms with E-state index in [1.54, 1.807) is 4.90 Å². The van der Waals surface area contributed by atoms with E-state index in [9.17, 15) is 9.59 Å². The number of carbonyl (C=O) groups is 2. The smallest absolute Gasteiger partial charge is 0.308 e. The number of aliphatic carboxylic acids is 1. The molecule has 1 fully saturated rings. The molecule has 0 saturated carbocycles. The quantitative estimate of drug-likeness (QED) is 0.816. The molecule has 1 heterocycles. The van der Waals surface area contributed by atoms with E-state index in [-0.39, 0.29) is 5.91 Å². The van der Waals surface area contributed by atoms with E-state index in [1.165, 1.54) is 0 Å². The van der Waals surface area contributed by atoms with Crippen LogP contribution in [0.3, 0.4) is 0 Å². The second-order valence-corrected chi connectivity index (χ2v) is 5.28. The van der Waals surface area contributed by atoms with Gasteiger partial charge in [0.2, 0.25) is 5.91 Å². The lowest BCUT2D eigenvalue weighted by Gasteiger charge is -2.30. The molecule has 0 spiro atoms. The van der Waals surface area contributed by atoms with Gasteiger partial charge in [-0.3, -0.25) is 9.59 Å². The molecule has 0 aliphatic carbocycles. The van der Waals surface area contributed by atoms with E-state index in [0.29, 0.717) is 39.0 Å². The van der Waals surface area contributed by atoms with Crippen LogP contribution in [-0.4, -0.2) is 41.6 Å². The zero-order chi connectivity index (χ0) is 15.1. The number of ether oxygens (including phenoxy) is 1. The third-order valence-electron chi connectivity index (χ3n) is 3.67. The number of likely N-dealkylation sites (tertiary alicyclic amines) is 1. The number of amides is 1. The molecule has 1 aliphatic rings. The Balaban J connectivity index is 1.68. The highest BCUT2D eigenvalue weighted by Gasteiger charge is 2.27. The molecule has 5 nitrogen and oxygen atoms in total. The van der Waals surface area contributed by atoms with Crippen LogP contribution in [0.15, 0.2) is 30.3 Å². The topological polar surface area (TPSA) is 66.8 Å². The lowest BCUT2D eigenvalue weighted by Crippen LogP contribution is -2.42. The van der Waals surface area contributed by atoms with Crippen molar-refractivity contribution >= 4 is 11.9 Å². The Morgan fingerprint density at radius 2 is 2.05 bits per heavy atom. The average Bonchev–Trinajstić information content (AvgIpc) is 2.52. The number of piperidine rings is 1. The maximum Gasteiger partial charge on any atom is 0.308 e. The van der Waals surface area contributed by atoms with Gasteiger partial charge < -0.3 is 14.7 Å². The largest absolute Gasteiger partial charge is 0.494 e. The first-order valence-electron chi connectivity index (χ1n) is 7.35. The molecule has 1 aromatic rings. The number of rotatable bonds is 6. The monoisotopic (exact) mass is 291 g/mol. The highest BCUT2D eigenvalue weighted by atomic mass is 16.5. The minimum atomic E-state index is -0.806. The molecular weight excluding hydrogens is 270 g/mol. The van der Waals surface area contributed by atoms with Crippen molar-refractivity contribution in [3.63, 3.8) is 0 Å². The Morgan fingerprint density at radius 1 is 1.29 bits per heavy atom. The second-order valence-electron chi connectivity index (χ2n) is 5.28. The maximum absolute atomic E-state index is 12.1. The fourth-order valence-corrected chi connectivity index (χ4v) is 2.49. The molecular formula is C16H21NO4. The minimum Gasteiger partial charge on any atom is -0.494 e. The molecule has 1 N–H and O–H groups in total. The Morgan fingerprint density at radius 3 is 2.76 bits per heavy atom. The van der Waals surface area contributed by atoms with Gasteiger partial charge in [0.25, 0.3) is 0 Å². The summed E-state index contributed by atoms with van der Waals surface area (Å²) in [4.78, 5) is 24.7. The summed E-state index contributed by atoms with van der Waals surface area (Å²) >= 11 is 0. The number of nitrogens with zero attached hydrogens (tertiary/aromatic N) is 1. The van der Waals surface area contributed by atoms with Crippen molar-refractivity contribution in [2.24, 2.45) is 5.92 Å². The van der Waals surface area contributed by atoms with Crippen LogP contribution in [-0.2, 0) is 9.59 Å². The van der Waals surface area contributed by atoms with Gasteiger partial charge in [-0.2, -0.15) is 0 Å². The predicted octanol–water partition coefficient (Wildman–Crippen LogP) is 2.17. The van der Waals surface area contributed by atoms with Gasteiger partial charge in [0.15, 0.2) is 0 Å². The van der Waals surface area contributed by atoms with Crippen molar-refractivity contribution in [3.05, 3.63) is 30.3 Å². The maximum atomic E-state index is 12.1. The van der Waals surface area contributed by atoms with Gasteiger partial charge in [-0.1, -0.05) is 18.2 Å². The van der Waals surface area contributed by atoms with Gasteiger partial charge in [-0.15, -0.1) is 0 Å². The standard InChI is InChI=1S/C16H21NO4/c18-15(17-10-4-6-13(12-17)16(19)20)9-5-11-21-14-7-2-1-3-8-14/h1-3,7-8,13H,4-6,9-12H2,(H,19,20)/t13-/m0/s1. The molecule has 0 radical (unpaired) electrons. The van der Waals surface area contributed by atoms with Crippen molar-refractivity contribution in [3.8, 4) is 5.75 Å². The number of carboxylic acid groups (broad SMARTS) is 1. The predicted molar refractivity (Wildman–Crippen MR) is 78.1 cm³/mol. The zero-order valence-electron chi connectivity index (χ0n) is 12.0. The summed E-state index contributed by atoms with van der Waals surface area (Å²) in [6.45, 7) is 1.50. The summed E-state index contributed by atoms with van der Waals surface area (Å²) in [5, 5.41) is 9.02. The number of carbonyl (C=O) groups excluding carboxylic acids is 1. The van der Waals surface area contributed by atoms with Gasteiger partial charge in [0.05, 0.1) is 12.5 Å². The van der Waals surface area contributed by atoms with Crippen LogP contribution in [0.1, 0.15) is 25.7 Å². The lowest BCUT2D eigenvalue weighted by molar-refractivity contribution is -0.145. The highest BCUT2D eigenvalue weighted by Crippen LogP contribution is 2.17. The molecule has 21 heavy (non-hydrogen) atoms. The van der Waals surface area contributed by atoms with Gasteiger partial charge in [0, 0.05) is 19.5 Å². The molecule has 5 heteroatoms. The molecule has 1 saturated heterocycles. The average molecular weight is 291 g/mol. The van der Waals surface area contributed by atoms with Crippen LogP contribution in [0, 0.1) is 5.92 Å². The Bertz CT molecular complexity index is 474. The number of hydrogen-bond acceptors (Lipinski definition) is 3. The van der Waals surface area contributed by atoms with Crippen LogP contribution in [0.2, 0.25) is 0 Å². The fraction of sp³-hybridized carbons (Fsp3) is 0.500. The van der Waals surface area contributed by atoms with Gasteiger partial charge >= 0.3 is 5.97 Å². The Labute approximate surface area is 124 Å². The van der Waals surface area contributed by atoms with Gasteiger partial charge in [-0.25, -0.2) is 0 Å². The number of carboxylic acids is 1. The van der Waals surface area contributed by atoms with Crippen molar-refractivity contribution in [2.45, 2.75) is 25.7 Å². The summed E-state index contributed by atoms with van der Waals surface area (Å²) in [6.07, 6.45) is 2.47. The first-order chi connectivity index (χ1) is 10.2. The Kier molecular flexibility index (Phi) is 5.60. The number of para-hydroxylation sites is 1. The van der Waals surface area contributed by atoms with Crippen LogP contribution >= 0.6 is 0 Å². The van der Waals surface area contributed by atoms with Crippen molar-refractivity contribution in [2.75, 3.05) is 19.7 Å². The van der Waals surface area contributed by atoms with Crippen molar-refractivity contribution in [1.29, 1.82) is 0 Å². The molecule has 0 bridgehead atoms. The lowest BCUT2D eigenvalue weighted by atomic mass is 9.98. The first kappa shape index (κ1) is 15.4. The minimum absolute atomic E-state index is 0.0256. The van der Waals surface area contributed by atoms with Crippen LogP contribution in [0.4, 0.5) is 0 Å². The summed E-state index contributed by atoms with van der Waals surface area (Å²) in [6, 6.07) is 9.49. The summed E-state index contributed by atoms with van der Waals surface area (Å²) in [7, 11) is 0. The summed E-state index contributed by atoms with van der Waals surface area (Å²) < 4.78 is 5.54. The second kappa shape index (κ2) is 7.67. The molecule has 1 amide bonds. The number of benzene rings is 1. The molecule has 1 atom stereocenters. The number of hydrogen-bond donors (Lipinski definition) is 1. The van der Waals surface area contributed by atoms with Crippen LogP contribution in [0.25, 0.3) is 0 Å². The zero-order valence-corrected chi connectivity index (χ0v) is 12.0. The van der Waals surface area contributed by atoms with Crippen molar-refractivity contribution < 1.29 is 19.4 Å². The third kappa shape index (κ3) is 4.77. The fourth-order valence-electron chi connectivity index (χ4n) is 2.49. The molecule has 114 valence electrons. The SMILES string of the molecule is O=C(O)[C@H]1CCCN(C(=O)CCCOc2ccccc2)C1. The summed E-state index contributed by atoms with van der Waals surface area (Å²) in [5.74, 6) is -0.394. The molecule has 0 unspecified atom stereocenters. The molecule has 1 aromatic carbocycles. The normalized spacial score (nSPS) is 18.3. The van der Waals surface area contributed by atoms with E-state index in [1.807, 2.05) is 30.3 Å². The molecule has 2 rings (SSSR count). The van der Waals surface area contributed by atoms with E-state index in [4.69, 9.17) is 9.84 Å². The van der Waals surface area contributed by atoms with Gasteiger partial charge in [0.1, 0.15) is 5.75 Å². The van der Waals surface area contributed by atoms with Crippen LogP contribution in [0.5, 0.6) is 5.75 Å². The van der Waals surface area contributed by atoms with Gasteiger partial charge in [-0.05, 0) is 31.4 Å². The third-order valence-corrected chi connectivity index (χ3v) is 3.67. The first-order valence-corrected chi connectivity index (χ1v) is 7.35. The highest BCUT2D eigenvalue weighted by molar-refractivity contribution is 5.78. The summed E-state index contributed by atoms with van der Waals surface area (Å²) in [5.41, 5.74) is 0.